The molecule has 2 saturated heterocycles. The molecule has 0 aliphatic carbocycles. The van der Waals surface area contributed by atoms with E-state index in [2.05, 4.69) is 15.5 Å². The second-order valence-electron chi connectivity index (χ2n) is 6.62. The zero-order valence-electron chi connectivity index (χ0n) is 13.8. The van der Waals surface area contributed by atoms with Crippen LogP contribution in [0.5, 0.6) is 0 Å². The highest BCUT2D eigenvalue weighted by Gasteiger charge is 2.35. The second-order valence-corrected chi connectivity index (χ2v) is 7.03. The lowest BCUT2D eigenvalue weighted by atomic mass is 10.0. The standard InChI is InChI=1S/C18H26ClN3O/c1-13-14(4-2-5-16(13)19)12-21-18(23)17-6-3-11-22(17)15-7-9-20-10-8-15/h2,4-5,15,17,20H,3,6-12H2,1H3,(H,21,23)/t17-/m0/s1. The Labute approximate surface area is 143 Å². The number of benzene rings is 1. The minimum atomic E-state index is 0.0394. The molecular weight excluding hydrogens is 310 g/mol. The summed E-state index contributed by atoms with van der Waals surface area (Å²) in [5, 5.41) is 7.28. The summed E-state index contributed by atoms with van der Waals surface area (Å²) in [6.45, 7) is 5.75. The smallest absolute Gasteiger partial charge is 0.237 e. The summed E-state index contributed by atoms with van der Waals surface area (Å²) in [4.78, 5) is 15.1. The van der Waals surface area contributed by atoms with Gasteiger partial charge < -0.3 is 10.6 Å². The number of carbonyl (C=O) groups is 1. The molecule has 5 heteroatoms. The Morgan fingerprint density at radius 2 is 2.13 bits per heavy atom. The van der Waals surface area contributed by atoms with E-state index in [9.17, 15) is 4.79 Å². The highest BCUT2D eigenvalue weighted by atomic mass is 35.5. The zero-order chi connectivity index (χ0) is 16.2. The first kappa shape index (κ1) is 16.7. The Kier molecular flexibility index (Phi) is 5.57. The van der Waals surface area contributed by atoms with Crippen molar-refractivity contribution in [1.29, 1.82) is 0 Å². The largest absolute Gasteiger partial charge is 0.351 e. The molecule has 1 atom stereocenters. The lowest BCUT2D eigenvalue weighted by molar-refractivity contribution is -0.126. The number of hydrogen-bond donors (Lipinski definition) is 2. The van der Waals surface area contributed by atoms with Crippen LogP contribution >= 0.6 is 11.6 Å². The van der Waals surface area contributed by atoms with Crippen molar-refractivity contribution in [2.75, 3.05) is 19.6 Å². The number of carbonyl (C=O) groups excluding carboxylic acids is 1. The van der Waals surface area contributed by atoms with Gasteiger partial charge in [-0.3, -0.25) is 9.69 Å². The van der Waals surface area contributed by atoms with E-state index in [4.69, 9.17) is 11.6 Å². The van der Waals surface area contributed by atoms with Crippen LogP contribution in [-0.4, -0.2) is 42.5 Å². The van der Waals surface area contributed by atoms with Crippen LogP contribution in [0.2, 0.25) is 5.02 Å². The minimum Gasteiger partial charge on any atom is -0.351 e. The molecule has 4 nitrogen and oxygen atoms in total. The summed E-state index contributed by atoms with van der Waals surface area (Å²) in [7, 11) is 0. The van der Waals surface area contributed by atoms with Crippen molar-refractivity contribution in [2.45, 2.75) is 51.2 Å². The predicted molar refractivity (Wildman–Crippen MR) is 93.7 cm³/mol. The van der Waals surface area contributed by atoms with Crippen LogP contribution in [0, 0.1) is 6.92 Å². The SMILES string of the molecule is Cc1c(Cl)cccc1CNC(=O)[C@@H]1CCCN1C1CCNCC1. The summed E-state index contributed by atoms with van der Waals surface area (Å²) in [5.41, 5.74) is 2.15. The van der Waals surface area contributed by atoms with Crippen molar-refractivity contribution < 1.29 is 4.79 Å². The van der Waals surface area contributed by atoms with Crippen LogP contribution in [0.15, 0.2) is 18.2 Å². The number of halogens is 1. The first-order chi connectivity index (χ1) is 11.2. The molecule has 0 spiro atoms. The molecule has 1 amide bonds. The van der Waals surface area contributed by atoms with Gasteiger partial charge in [0.05, 0.1) is 6.04 Å². The van der Waals surface area contributed by atoms with Gasteiger partial charge in [0.1, 0.15) is 0 Å². The van der Waals surface area contributed by atoms with Crippen molar-refractivity contribution in [3.8, 4) is 0 Å². The van der Waals surface area contributed by atoms with E-state index in [1.54, 1.807) is 0 Å². The number of rotatable bonds is 4. The van der Waals surface area contributed by atoms with E-state index in [0.717, 1.165) is 61.5 Å². The molecular formula is C18H26ClN3O. The molecule has 0 radical (unpaired) electrons. The third-order valence-electron chi connectivity index (χ3n) is 5.21. The van der Waals surface area contributed by atoms with Crippen molar-refractivity contribution >= 4 is 17.5 Å². The first-order valence-electron chi connectivity index (χ1n) is 8.65. The van der Waals surface area contributed by atoms with Crippen LogP contribution in [0.25, 0.3) is 0 Å². The number of piperidine rings is 1. The summed E-state index contributed by atoms with van der Waals surface area (Å²) < 4.78 is 0. The third-order valence-corrected chi connectivity index (χ3v) is 5.62. The Hall–Kier alpha value is -1.10. The topological polar surface area (TPSA) is 44.4 Å². The van der Waals surface area contributed by atoms with Gasteiger partial charge in [0, 0.05) is 17.6 Å². The fourth-order valence-corrected chi connectivity index (χ4v) is 3.98. The molecule has 23 heavy (non-hydrogen) atoms. The normalized spacial score (nSPS) is 23.1. The van der Waals surface area contributed by atoms with Crippen molar-refractivity contribution in [3.05, 3.63) is 34.3 Å². The van der Waals surface area contributed by atoms with Gasteiger partial charge in [-0.2, -0.15) is 0 Å². The van der Waals surface area contributed by atoms with Crippen LogP contribution < -0.4 is 10.6 Å². The average Bonchev–Trinajstić information content (AvgIpc) is 3.06. The van der Waals surface area contributed by atoms with Gasteiger partial charge in [-0.1, -0.05) is 23.7 Å². The van der Waals surface area contributed by atoms with Gasteiger partial charge in [-0.25, -0.2) is 0 Å². The third kappa shape index (κ3) is 3.87. The maximum atomic E-state index is 12.7. The van der Waals surface area contributed by atoms with Gasteiger partial charge >= 0.3 is 0 Å². The van der Waals surface area contributed by atoms with E-state index in [0.29, 0.717) is 12.6 Å². The van der Waals surface area contributed by atoms with E-state index in [1.165, 1.54) is 0 Å². The second kappa shape index (κ2) is 7.65. The molecule has 0 saturated carbocycles. The molecule has 2 heterocycles. The molecule has 3 rings (SSSR count). The Balaban J connectivity index is 1.59. The van der Waals surface area contributed by atoms with Crippen LogP contribution in [-0.2, 0) is 11.3 Å². The zero-order valence-corrected chi connectivity index (χ0v) is 14.5. The molecule has 2 fully saturated rings. The van der Waals surface area contributed by atoms with Gasteiger partial charge in [0.15, 0.2) is 0 Å². The molecule has 0 bridgehead atoms. The Morgan fingerprint density at radius 3 is 2.91 bits per heavy atom. The van der Waals surface area contributed by atoms with Crippen molar-refractivity contribution in [1.82, 2.24) is 15.5 Å². The number of nitrogens with one attached hydrogen (secondary N) is 2. The maximum absolute atomic E-state index is 12.7. The van der Waals surface area contributed by atoms with Gasteiger partial charge in [-0.15, -0.1) is 0 Å². The quantitative estimate of drug-likeness (QED) is 0.888. The predicted octanol–water partition coefficient (Wildman–Crippen LogP) is 2.48. The minimum absolute atomic E-state index is 0.0394. The fraction of sp³-hybridized carbons (Fsp3) is 0.611. The molecule has 2 aliphatic heterocycles. The van der Waals surface area contributed by atoms with Crippen molar-refractivity contribution in [2.24, 2.45) is 0 Å². The summed E-state index contributed by atoms with van der Waals surface area (Å²) in [6.07, 6.45) is 4.40. The van der Waals surface area contributed by atoms with Crippen molar-refractivity contribution in [3.63, 3.8) is 0 Å². The molecule has 1 aromatic rings. The molecule has 0 unspecified atom stereocenters. The van der Waals surface area contributed by atoms with Gasteiger partial charge in [0.25, 0.3) is 0 Å². The lowest BCUT2D eigenvalue weighted by Crippen LogP contribution is -2.50. The summed E-state index contributed by atoms with van der Waals surface area (Å²) in [6, 6.07) is 6.45. The van der Waals surface area contributed by atoms with Crippen LogP contribution in [0.1, 0.15) is 36.8 Å². The molecule has 2 aliphatic rings. The Bertz CT molecular complexity index is 557. The highest BCUT2D eigenvalue weighted by molar-refractivity contribution is 6.31. The molecule has 126 valence electrons. The van der Waals surface area contributed by atoms with E-state index >= 15 is 0 Å². The van der Waals surface area contributed by atoms with Crippen LogP contribution in [0.3, 0.4) is 0 Å². The number of nitrogens with zero attached hydrogens (tertiary/aromatic N) is 1. The lowest BCUT2D eigenvalue weighted by Gasteiger charge is -2.35. The highest BCUT2D eigenvalue weighted by Crippen LogP contribution is 2.25. The number of likely N-dealkylation sites (tertiary alicyclic amines) is 1. The summed E-state index contributed by atoms with van der Waals surface area (Å²) >= 11 is 6.15. The van der Waals surface area contributed by atoms with E-state index in [1.807, 2.05) is 25.1 Å². The maximum Gasteiger partial charge on any atom is 0.237 e. The van der Waals surface area contributed by atoms with E-state index in [-0.39, 0.29) is 11.9 Å². The molecule has 2 N–H and O–H groups in total. The first-order valence-corrected chi connectivity index (χ1v) is 9.03. The fourth-order valence-electron chi connectivity index (χ4n) is 3.79. The molecule has 0 aromatic heterocycles. The van der Waals surface area contributed by atoms with E-state index < -0.39 is 0 Å². The van der Waals surface area contributed by atoms with Gasteiger partial charge in [0.2, 0.25) is 5.91 Å². The summed E-state index contributed by atoms with van der Waals surface area (Å²) in [5.74, 6) is 0.167. The monoisotopic (exact) mass is 335 g/mol. The average molecular weight is 336 g/mol. The Morgan fingerprint density at radius 1 is 1.35 bits per heavy atom. The number of amides is 1. The van der Waals surface area contributed by atoms with Crippen LogP contribution in [0.4, 0.5) is 0 Å². The van der Waals surface area contributed by atoms with Gasteiger partial charge in [-0.05, 0) is 69.4 Å². The molecule has 1 aromatic carbocycles. The number of hydrogen-bond acceptors (Lipinski definition) is 3.